The molecule has 0 radical (unpaired) electrons. The highest BCUT2D eigenvalue weighted by Gasteiger charge is 2.51. The van der Waals surface area contributed by atoms with Crippen molar-refractivity contribution in [3.63, 3.8) is 0 Å². The molecule has 2 atom stereocenters. The summed E-state index contributed by atoms with van der Waals surface area (Å²) < 4.78 is 6.53. The summed E-state index contributed by atoms with van der Waals surface area (Å²) >= 11 is 0. The van der Waals surface area contributed by atoms with Gasteiger partial charge in [0.2, 0.25) is 0 Å². The van der Waals surface area contributed by atoms with Crippen molar-refractivity contribution in [2.75, 3.05) is 0 Å². The second-order valence-electron chi connectivity index (χ2n) is 13.4. The Morgan fingerprint density at radius 1 is 0.440 bits per heavy atom. The number of para-hydroxylation sites is 2. The van der Waals surface area contributed by atoms with E-state index in [9.17, 15) is 0 Å². The van der Waals surface area contributed by atoms with Gasteiger partial charge in [-0.15, -0.1) is 0 Å². The van der Waals surface area contributed by atoms with Crippen LogP contribution in [0.4, 0.5) is 0 Å². The second-order valence-corrected chi connectivity index (χ2v) is 13.4. The van der Waals surface area contributed by atoms with Crippen LogP contribution in [0.25, 0.3) is 28.0 Å². The molecule has 3 nitrogen and oxygen atoms in total. The molecular weight excluding hydrogens is 609 g/mol. The van der Waals surface area contributed by atoms with Gasteiger partial charge in [0.05, 0.1) is 11.5 Å². The Morgan fingerprint density at radius 3 is 1.72 bits per heavy atom. The van der Waals surface area contributed by atoms with Gasteiger partial charge in [0, 0.05) is 16.8 Å². The number of fused-ring (bicyclic) bond motifs is 9. The number of ether oxygens (including phenoxy) is 1. The number of rotatable bonds is 4. The van der Waals surface area contributed by atoms with Gasteiger partial charge in [0.15, 0.2) is 0 Å². The Kier molecular flexibility index (Phi) is 6.61. The lowest BCUT2D eigenvalue weighted by atomic mass is 9.66. The lowest BCUT2D eigenvalue weighted by Gasteiger charge is -2.39. The van der Waals surface area contributed by atoms with E-state index < -0.39 is 5.41 Å². The maximum Gasteiger partial charge on any atom is 0.132 e. The van der Waals surface area contributed by atoms with Gasteiger partial charge < -0.3 is 10.1 Å². The number of benzene rings is 7. The van der Waals surface area contributed by atoms with Gasteiger partial charge in [-0.3, -0.25) is 5.32 Å². The molecule has 1 spiro atoms. The molecule has 2 aliphatic heterocycles. The highest BCUT2D eigenvalue weighted by atomic mass is 16.5. The van der Waals surface area contributed by atoms with E-state index >= 15 is 0 Å². The maximum atomic E-state index is 6.53. The van der Waals surface area contributed by atoms with Gasteiger partial charge in [0.25, 0.3) is 0 Å². The van der Waals surface area contributed by atoms with Crippen molar-refractivity contribution in [2.45, 2.75) is 17.6 Å². The van der Waals surface area contributed by atoms with Crippen LogP contribution >= 0.6 is 0 Å². The highest BCUT2D eigenvalue weighted by molar-refractivity contribution is 5.90. The van der Waals surface area contributed by atoms with Crippen molar-refractivity contribution in [1.29, 1.82) is 0 Å². The van der Waals surface area contributed by atoms with E-state index in [0.717, 1.165) is 22.8 Å². The quantitative estimate of drug-likeness (QED) is 0.200. The fraction of sp³-hybridized carbons (Fsp3) is 0.0638. The summed E-state index contributed by atoms with van der Waals surface area (Å²) in [6.45, 7) is 0. The maximum absolute atomic E-state index is 6.53. The van der Waals surface area contributed by atoms with Gasteiger partial charge in [-0.1, -0.05) is 158 Å². The lowest BCUT2D eigenvalue weighted by Crippen LogP contribution is -2.39. The molecule has 0 bridgehead atoms. The van der Waals surface area contributed by atoms with Crippen molar-refractivity contribution in [3.8, 4) is 33.8 Å². The molecule has 1 aliphatic carbocycles. The van der Waals surface area contributed by atoms with Gasteiger partial charge in [0.1, 0.15) is 17.7 Å². The van der Waals surface area contributed by atoms with Crippen LogP contribution in [-0.2, 0) is 5.41 Å². The van der Waals surface area contributed by atoms with E-state index in [1.807, 2.05) is 0 Å². The molecule has 7 aromatic carbocycles. The van der Waals surface area contributed by atoms with Crippen LogP contribution < -0.4 is 15.4 Å². The number of hydrogen-bond acceptors (Lipinski definition) is 3. The summed E-state index contributed by atoms with van der Waals surface area (Å²) in [6, 6.07) is 63.3. The van der Waals surface area contributed by atoms with Crippen molar-refractivity contribution in [2.24, 2.45) is 0 Å². The third-order valence-corrected chi connectivity index (χ3v) is 10.6. The first-order chi connectivity index (χ1) is 24.8. The van der Waals surface area contributed by atoms with Gasteiger partial charge >= 0.3 is 0 Å². The van der Waals surface area contributed by atoms with Crippen LogP contribution in [0.15, 0.2) is 182 Å². The molecular formula is C47H34N2O. The summed E-state index contributed by atoms with van der Waals surface area (Å²) in [5, 5.41) is 7.77. The van der Waals surface area contributed by atoms with E-state index in [4.69, 9.17) is 4.74 Å². The minimum Gasteiger partial charge on any atom is -0.457 e. The van der Waals surface area contributed by atoms with Crippen molar-refractivity contribution >= 4 is 5.70 Å². The molecule has 10 rings (SSSR count). The Labute approximate surface area is 292 Å². The van der Waals surface area contributed by atoms with Gasteiger partial charge in [-0.2, -0.15) is 0 Å². The largest absolute Gasteiger partial charge is 0.457 e. The molecule has 3 heteroatoms. The van der Waals surface area contributed by atoms with E-state index in [-0.39, 0.29) is 12.2 Å². The fourth-order valence-corrected chi connectivity index (χ4v) is 8.38. The third-order valence-electron chi connectivity index (χ3n) is 10.6. The first-order valence-electron chi connectivity index (χ1n) is 17.3. The molecule has 0 saturated carbocycles. The standard InChI is InChI=1S/C47H34N2O/c1-3-13-31(14-4-1)32-23-25-34(26-24-32)46-48-42(33-15-5-2-6-16-33)30-43(49-46)35-27-28-39-37(29-35)36-17-7-8-18-38(36)47(39)40-19-9-11-21-44(40)50-45-22-12-10-20-41(45)47/h1-30,42,46,48-49H. The van der Waals surface area contributed by atoms with Crippen LogP contribution in [0.3, 0.4) is 0 Å². The molecule has 7 aromatic rings. The third kappa shape index (κ3) is 4.41. The molecule has 2 unspecified atom stereocenters. The summed E-state index contributed by atoms with van der Waals surface area (Å²) in [5.74, 6) is 1.82. The lowest BCUT2D eigenvalue weighted by molar-refractivity contribution is 0.436. The van der Waals surface area contributed by atoms with E-state index in [1.54, 1.807) is 0 Å². The summed E-state index contributed by atoms with van der Waals surface area (Å²) in [4.78, 5) is 0. The van der Waals surface area contributed by atoms with Crippen LogP contribution in [0, 0.1) is 0 Å². The first-order valence-corrected chi connectivity index (χ1v) is 17.3. The zero-order chi connectivity index (χ0) is 33.1. The fourth-order valence-electron chi connectivity index (χ4n) is 8.38. The second kappa shape index (κ2) is 11.5. The van der Waals surface area contributed by atoms with E-state index in [2.05, 4.69) is 193 Å². The van der Waals surface area contributed by atoms with Crippen LogP contribution in [0.5, 0.6) is 11.5 Å². The average molecular weight is 643 g/mol. The number of hydrogen-bond donors (Lipinski definition) is 2. The zero-order valence-electron chi connectivity index (χ0n) is 27.4. The summed E-state index contributed by atoms with van der Waals surface area (Å²) in [6.07, 6.45) is 2.26. The topological polar surface area (TPSA) is 33.3 Å². The zero-order valence-corrected chi connectivity index (χ0v) is 27.4. The SMILES string of the molecule is C1=C(c2ccc3c(c2)-c2ccccc2C32c3ccccc3Oc3ccccc32)NC(c2ccc(-c3ccccc3)cc2)NC1c1ccccc1. The minimum absolute atomic E-state index is 0.0346. The Hall–Kier alpha value is -6.16. The van der Waals surface area contributed by atoms with Crippen LogP contribution in [0.1, 0.15) is 51.2 Å². The van der Waals surface area contributed by atoms with Crippen molar-refractivity contribution in [3.05, 3.63) is 221 Å². The monoisotopic (exact) mass is 642 g/mol. The molecule has 3 aliphatic rings. The summed E-state index contributed by atoms with van der Waals surface area (Å²) in [5.41, 5.74) is 14.1. The van der Waals surface area contributed by atoms with E-state index in [0.29, 0.717) is 0 Å². The number of nitrogens with one attached hydrogen (secondary N) is 2. The van der Waals surface area contributed by atoms with Gasteiger partial charge in [-0.05, 0) is 74.3 Å². The van der Waals surface area contributed by atoms with Crippen LogP contribution in [-0.4, -0.2) is 0 Å². The van der Waals surface area contributed by atoms with E-state index in [1.165, 1.54) is 55.6 Å². The molecule has 238 valence electrons. The predicted octanol–water partition coefficient (Wildman–Crippen LogP) is 10.8. The Morgan fingerprint density at radius 2 is 1.00 bits per heavy atom. The van der Waals surface area contributed by atoms with Crippen molar-refractivity contribution < 1.29 is 4.74 Å². The molecule has 0 aromatic heterocycles. The summed E-state index contributed by atoms with van der Waals surface area (Å²) in [7, 11) is 0. The van der Waals surface area contributed by atoms with Crippen LogP contribution in [0.2, 0.25) is 0 Å². The highest BCUT2D eigenvalue weighted by Crippen LogP contribution is 2.62. The first kappa shape index (κ1) is 28.8. The molecule has 2 heterocycles. The molecule has 0 fully saturated rings. The normalized spacial score (nSPS) is 17.7. The van der Waals surface area contributed by atoms with Gasteiger partial charge in [-0.25, -0.2) is 0 Å². The molecule has 0 amide bonds. The Balaban J connectivity index is 1.11. The van der Waals surface area contributed by atoms with Crippen molar-refractivity contribution in [1.82, 2.24) is 10.6 Å². The molecule has 2 N–H and O–H groups in total. The predicted molar refractivity (Wildman–Crippen MR) is 202 cm³/mol. The molecule has 50 heavy (non-hydrogen) atoms. The Bertz CT molecular complexity index is 2370. The minimum atomic E-state index is -0.471. The smallest absolute Gasteiger partial charge is 0.132 e. The molecule has 0 saturated heterocycles. The average Bonchev–Trinajstić information content (AvgIpc) is 3.48.